The van der Waals surface area contributed by atoms with E-state index in [2.05, 4.69) is 0 Å². The van der Waals surface area contributed by atoms with Gasteiger partial charge < -0.3 is 5.11 Å². The first kappa shape index (κ1) is 16.4. The second kappa shape index (κ2) is 6.24. The molecule has 1 heterocycles. The number of hydrogen-bond donors (Lipinski definition) is 1. The van der Waals surface area contributed by atoms with Crippen LogP contribution in [0.15, 0.2) is 58.1 Å². The molecule has 0 atom stereocenters. The molecule has 0 radical (unpaired) electrons. The van der Waals surface area contributed by atoms with Crippen LogP contribution >= 0.6 is 0 Å². The lowest BCUT2D eigenvalue weighted by atomic mass is 10.0. The Balaban J connectivity index is 2.08. The van der Waals surface area contributed by atoms with Gasteiger partial charge in [0.2, 0.25) is 5.88 Å². The fraction of sp³-hybridized carbons (Fsp3) is 0.105. The minimum absolute atomic E-state index is 0.430. The van der Waals surface area contributed by atoms with Gasteiger partial charge in [0.05, 0.1) is 0 Å². The van der Waals surface area contributed by atoms with Gasteiger partial charge in [0.15, 0.2) is 5.78 Å². The third kappa shape index (κ3) is 2.78. The van der Waals surface area contributed by atoms with Crippen molar-refractivity contribution in [2.45, 2.75) is 0 Å². The summed E-state index contributed by atoms with van der Waals surface area (Å²) in [6.07, 6.45) is 2.82. The SMILES string of the molecule is Cn1c(O)c(C(=O)C=Cc2cccc3ccccc23)c(=O)n(C)c1=O. The number of carbonyl (C=O) groups is 1. The van der Waals surface area contributed by atoms with Gasteiger partial charge in [-0.05, 0) is 22.4 Å². The van der Waals surface area contributed by atoms with Crippen LogP contribution in [-0.2, 0) is 14.1 Å². The van der Waals surface area contributed by atoms with Crippen LogP contribution < -0.4 is 11.2 Å². The van der Waals surface area contributed by atoms with E-state index in [-0.39, 0.29) is 0 Å². The van der Waals surface area contributed by atoms with Crippen LogP contribution in [-0.4, -0.2) is 20.0 Å². The van der Waals surface area contributed by atoms with E-state index >= 15 is 0 Å². The molecular weight excluding hydrogens is 320 g/mol. The molecule has 3 rings (SSSR count). The second-order valence-electron chi connectivity index (χ2n) is 5.67. The summed E-state index contributed by atoms with van der Waals surface area (Å²) in [5.41, 5.74) is -1.14. The van der Waals surface area contributed by atoms with Crippen LogP contribution in [0.5, 0.6) is 5.88 Å². The van der Waals surface area contributed by atoms with E-state index in [1.165, 1.54) is 20.2 Å². The monoisotopic (exact) mass is 336 g/mol. The van der Waals surface area contributed by atoms with Gasteiger partial charge in [-0.3, -0.25) is 18.7 Å². The molecule has 25 heavy (non-hydrogen) atoms. The zero-order valence-corrected chi connectivity index (χ0v) is 13.8. The Labute approximate surface area is 142 Å². The molecule has 0 amide bonds. The van der Waals surface area contributed by atoms with E-state index in [1.807, 2.05) is 42.5 Å². The maximum Gasteiger partial charge on any atom is 0.333 e. The Kier molecular flexibility index (Phi) is 4.10. The molecule has 126 valence electrons. The Morgan fingerprint density at radius 2 is 1.68 bits per heavy atom. The summed E-state index contributed by atoms with van der Waals surface area (Å²) < 4.78 is 1.65. The maximum atomic E-state index is 12.4. The molecule has 0 saturated carbocycles. The lowest BCUT2D eigenvalue weighted by Gasteiger charge is -2.08. The van der Waals surface area contributed by atoms with Crippen molar-refractivity contribution in [3.05, 3.63) is 80.5 Å². The standard InChI is InChI=1S/C19H16N2O4/c1-20-17(23)16(18(24)21(2)19(20)25)15(22)11-10-13-8-5-7-12-6-3-4-9-14(12)13/h3-11,23H,1-2H3. The van der Waals surface area contributed by atoms with Gasteiger partial charge in [-0.15, -0.1) is 0 Å². The van der Waals surface area contributed by atoms with Gasteiger partial charge in [-0.2, -0.15) is 0 Å². The van der Waals surface area contributed by atoms with Crippen LogP contribution in [0.1, 0.15) is 15.9 Å². The molecular formula is C19H16N2O4. The van der Waals surface area contributed by atoms with E-state index in [9.17, 15) is 19.5 Å². The summed E-state index contributed by atoms with van der Waals surface area (Å²) in [6.45, 7) is 0. The number of rotatable bonds is 3. The highest BCUT2D eigenvalue weighted by Gasteiger charge is 2.19. The number of hydrogen-bond acceptors (Lipinski definition) is 4. The average molecular weight is 336 g/mol. The zero-order valence-electron chi connectivity index (χ0n) is 13.8. The fourth-order valence-electron chi connectivity index (χ4n) is 2.69. The van der Waals surface area contributed by atoms with E-state index in [4.69, 9.17) is 0 Å². The number of allylic oxidation sites excluding steroid dienone is 1. The average Bonchev–Trinajstić information content (AvgIpc) is 2.63. The van der Waals surface area contributed by atoms with Gasteiger partial charge in [0.1, 0.15) is 5.56 Å². The first-order valence-electron chi connectivity index (χ1n) is 7.61. The van der Waals surface area contributed by atoms with Crippen molar-refractivity contribution >= 4 is 22.6 Å². The van der Waals surface area contributed by atoms with Crippen molar-refractivity contribution in [3.8, 4) is 5.88 Å². The molecule has 0 bridgehead atoms. The highest BCUT2D eigenvalue weighted by atomic mass is 16.3. The Morgan fingerprint density at radius 3 is 2.44 bits per heavy atom. The van der Waals surface area contributed by atoms with Crippen molar-refractivity contribution in [1.82, 2.24) is 9.13 Å². The molecule has 3 aromatic rings. The van der Waals surface area contributed by atoms with Crippen LogP contribution in [0.3, 0.4) is 0 Å². The first-order chi connectivity index (χ1) is 11.9. The number of ketones is 1. The molecule has 6 nitrogen and oxygen atoms in total. The number of nitrogens with zero attached hydrogens (tertiary/aromatic N) is 2. The number of fused-ring (bicyclic) bond motifs is 1. The molecule has 0 fully saturated rings. The summed E-state index contributed by atoms with van der Waals surface area (Å²) in [5.74, 6) is -1.30. The van der Waals surface area contributed by atoms with Gasteiger partial charge in [0.25, 0.3) is 5.56 Å². The molecule has 1 aromatic heterocycles. The van der Waals surface area contributed by atoms with E-state index in [0.717, 1.165) is 25.5 Å². The molecule has 0 aliphatic carbocycles. The van der Waals surface area contributed by atoms with Crippen LogP contribution in [0, 0.1) is 0 Å². The minimum Gasteiger partial charge on any atom is -0.494 e. The molecule has 2 aromatic carbocycles. The van der Waals surface area contributed by atoms with Crippen molar-refractivity contribution in [2.24, 2.45) is 14.1 Å². The number of aromatic nitrogens is 2. The molecule has 1 N–H and O–H groups in total. The maximum absolute atomic E-state index is 12.4. The predicted molar refractivity (Wildman–Crippen MR) is 95.9 cm³/mol. The van der Waals surface area contributed by atoms with Crippen molar-refractivity contribution in [3.63, 3.8) is 0 Å². The molecule has 0 aliphatic rings. The zero-order chi connectivity index (χ0) is 18.1. The predicted octanol–water partition coefficient (Wildman–Crippen LogP) is 1.84. The molecule has 0 saturated heterocycles. The number of aromatic hydroxyl groups is 1. The summed E-state index contributed by atoms with van der Waals surface area (Å²) in [4.78, 5) is 36.3. The third-order valence-electron chi connectivity index (χ3n) is 4.12. The molecule has 6 heteroatoms. The third-order valence-corrected chi connectivity index (χ3v) is 4.12. The summed E-state index contributed by atoms with van der Waals surface area (Å²) in [5, 5.41) is 12.0. The normalized spacial score (nSPS) is 11.3. The fourth-order valence-corrected chi connectivity index (χ4v) is 2.69. The van der Waals surface area contributed by atoms with E-state index in [0.29, 0.717) is 0 Å². The second-order valence-corrected chi connectivity index (χ2v) is 5.67. The molecule has 0 spiro atoms. The quantitative estimate of drug-likeness (QED) is 0.584. The van der Waals surface area contributed by atoms with Crippen molar-refractivity contribution in [1.29, 1.82) is 0 Å². The topological polar surface area (TPSA) is 81.3 Å². The molecule has 0 unspecified atom stereocenters. The lowest BCUT2D eigenvalue weighted by molar-refractivity contribution is 0.104. The van der Waals surface area contributed by atoms with Crippen molar-refractivity contribution in [2.75, 3.05) is 0 Å². The van der Waals surface area contributed by atoms with Crippen LogP contribution in [0.4, 0.5) is 0 Å². The van der Waals surface area contributed by atoms with Gasteiger partial charge >= 0.3 is 5.69 Å². The van der Waals surface area contributed by atoms with E-state index < -0.39 is 28.5 Å². The highest BCUT2D eigenvalue weighted by molar-refractivity contribution is 6.08. The Bertz CT molecular complexity index is 1130. The van der Waals surface area contributed by atoms with Crippen LogP contribution in [0.25, 0.3) is 16.8 Å². The smallest absolute Gasteiger partial charge is 0.333 e. The minimum atomic E-state index is -0.826. The molecule has 0 aliphatic heterocycles. The van der Waals surface area contributed by atoms with E-state index in [1.54, 1.807) is 6.08 Å². The van der Waals surface area contributed by atoms with Crippen LogP contribution in [0.2, 0.25) is 0 Å². The van der Waals surface area contributed by atoms with Crippen molar-refractivity contribution < 1.29 is 9.90 Å². The van der Waals surface area contributed by atoms with Gasteiger partial charge in [-0.1, -0.05) is 48.5 Å². The number of benzene rings is 2. The lowest BCUT2D eigenvalue weighted by Crippen LogP contribution is -2.39. The largest absolute Gasteiger partial charge is 0.494 e. The Morgan fingerprint density at radius 1 is 1.00 bits per heavy atom. The number of carbonyl (C=O) groups excluding carboxylic acids is 1. The first-order valence-corrected chi connectivity index (χ1v) is 7.61. The summed E-state index contributed by atoms with van der Waals surface area (Å²) >= 11 is 0. The summed E-state index contributed by atoms with van der Waals surface area (Å²) in [7, 11) is 2.55. The van der Waals surface area contributed by atoms with Gasteiger partial charge in [0, 0.05) is 14.1 Å². The Hall–Kier alpha value is -3.41. The highest BCUT2D eigenvalue weighted by Crippen LogP contribution is 2.20. The summed E-state index contributed by atoms with van der Waals surface area (Å²) in [6, 6.07) is 13.4. The van der Waals surface area contributed by atoms with Gasteiger partial charge in [-0.25, -0.2) is 4.79 Å².